The van der Waals surface area contributed by atoms with Crippen LogP contribution in [-0.4, -0.2) is 36.6 Å². The smallest absolute Gasteiger partial charge is 0.329 e. The highest BCUT2D eigenvalue weighted by Crippen LogP contribution is 2.28. The molecule has 10 nitrogen and oxygen atoms in total. The highest BCUT2D eigenvalue weighted by atomic mass is 16.6. The van der Waals surface area contributed by atoms with Gasteiger partial charge in [0.25, 0.3) is 5.69 Å². The number of rotatable bonds is 8. The second-order valence-electron chi connectivity index (χ2n) is 5.68. The Morgan fingerprint density at radius 1 is 1.14 bits per heavy atom. The molecule has 2 amide bonds. The maximum Gasteiger partial charge on any atom is 0.329 e. The first kappa shape index (κ1) is 21.4. The van der Waals surface area contributed by atoms with Crippen LogP contribution >= 0.6 is 0 Å². The van der Waals surface area contributed by atoms with Gasteiger partial charge in [-0.3, -0.25) is 19.7 Å². The topological polar surface area (TPSA) is 132 Å². The van der Waals surface area contributed by atoms with E-state index < -0.39 is 16.7 Å². The SMILES string of the molecule is CCNC(=O)C(=O)N/N=C\c1ccc(OCc2ccc([N+](=O)[O-])cc2)c(OC)c1. The number of nitro benzene ring substituents is 1. The monoisotopic (exact) mass is 400 g/mol. The van der Waals surface area contributed by atoms with Crippen LogP contribution in [0.5, 0.6) is 11.5 Å². The first-order valence-electron chi connectivity index (χ1n) is 8.60. The quantitative estimate of drug-likeness (QED) is 0.300. The maximum absolute atomic E-state index is 11.5. The zero-order valence-electron chi connectivity index (χ0n) is 15.9. The number of hydrogen-bond acceptors (Lipinski definition) is 7. The summed E-state index contributed by atoms with van der Waals surface area (Å²) >= 11 is 0. The molecular weight excluding hydrogens is 380 g/mol. The number of nitrogens with zero attached hydrogens (tertiary/aromatic N) is 2. The summed E-state index contributed by atoms with van der Waals surface area (Å²) in [6.07, 6.45) is 1.36. The lowest BCUT2D eigenvalue weighted by Gasteiger charge is -2.11. The molecule has 152 valence electrons. The van der Waals surface area contributed by atoms with Gasteiger partial charge in [0, 0.05) is 18.7 Å². The minimum atomic E-state index is -0.863. The van der Waals surface area contributed by atoms with Crippen molar-refractivity contribution in [3.05, 3.63) is 63.7 Å². The van der Waals surface area contributed by atoms with Crippen molar-refractivity contribution in [3.8, 4) is 11.5 Å². The minimum absolute atomic E-state index is 0.00855. The molecule has 0 aromatic heterocycles. The summed E-state index contributed by atoms with van der Waals surface area (Å²) < 4.78 is 11.0. The zero-order chi connectivity index (χ0) is 21.2. The predicted octanol–water partition coefficient (Wildman–Crippen LogP) is 1.77. The maximum atomic E-state index is 11.5. The van der Waals surface area contributed by atoms with Crippen LogP contribution in [0.15, 0.2) is 47.6 Å². The van der Waals surface area contributed by atoms with Crippen LogP contribution in [0.25, 0.3) is 0 Å². The predicted molar refractivity (Wildman–Crippen MR) is 105 cm³/mol. The second kappa shape index (κ2) is 10.4. The number of nitrogens with one attached hydrogen (secondary N) is 2. The number of methoxy groups -OCH3 is 1. The molecule has 0 bridgehead atoms. The average Bonchev–Trinajstić information content (AvgIpc) is 2.72. The molecule has 0 saturated heterocycles. The van der Waals surface area contributed by atoms with E-state index in [1.54, 1.807) is 37.3 Å². The summed E-state index contributed by atoms with van der Waals surface area (Å²) in [5.41, 5.74) is 3.51. The molecule has 10 heteroatoms. The summed E-state index contributed by atoms with van der Waals surface area (Å²) in [4.78, 5) is 33.0. The van der Waals surface area contributed by atoms with Crippen molar-refractivity contribution in [1.29, 1.82) is 0 Å². The van der Waals surface area contributed by atoms with Crippen molar-refractivity contribution in [1.82, 2.24) is 10.7 Å². The molecule has 0 heterocycles. The molecule has 0 atom stereocenters. The molecule has 0 spiro atoms. The molecule has 0 saturated carbocycles. The lowest BCUT2D eigenvalue weighted by atomic mass is 10.2. The lowest BCUT2D eigenvalue weighted by molar-refractivity contribution is -0.384. The van der Waals surface area contributed by atoms with Gasteiger partial charge in [0.05, 0.1) is 18.2 Å². The van der Waals surface area contributed by atoms with Gasteiger partial charge in [-0.25, -0.2) is 5.43 Å². The fourth-order valence-electron chi connectivity index (χ4n) is 2.22. The van der Waals surface area contributed by atoms with Crippen LogP contribution in [0.3, 0.4) is 0 Å². The Hall–Kier alpha value is -3.95. The Morgan fingerprint density at radius 3 is 2.48 bits per heavy atom. The van der Waals surface area contributed by atoms with E-state index in [0.717, 1.165) is 5.56 Å². The Morgan fingerprint density at radius 2 is 1.86 bits per heavy atom. The number of hydrogen-bond donors (Lipinski definition) is 2. The molecule has 29 heavy (non-hydrogen) atoms. The molecule has 0 radical (unpaired) electrons. The standard InChI is InChI=1S/C19H20N4O6/c1-3-20-18(24)19(25)22-21-11-14-6-9-16(17(10-14)28-2)29-12-13-4-7-15(8-5-13)23(26)27/h4-11H,3,12H2,1-2H3,(H,20,24)(H,22,25)/b21-11-. The van der Waals surface area contributed by atoms with E-state index in [0.29, 0.717) is 23.6 Å². The van der Waals surface area contributed by atoms with Crippen molar-refractivity contribution in [2.24, 2.45) is 5.10 Å². The molecule has 0 aliphatic carbocycles. The van der Waals surface area contributed by atoms with E-state index in [2.05, 4.69) is 15.8 Å². The highest BCUT2D eigenvalue weighted by Gasteiger charge is 2.11. The van der Waals surface area contributed by atoms with Crippen molar-refractivity contribution in [3.63, 3.8) is 0 Å². The summed E-state index contributed by atoms with van der Waals surface area (Å²) in [5.74, 6) is -0.726. The van der Waals surface area contributed by atoms with Gasteiger partial charge >= 0.3 is 11.8 Å². The van der Waals surface area contributed by atoms with E-state index in [4.69, 9.17) is 9.47 Å². The number of carbonyl (C=O) groups is 2. The Kier molecular flexibility index (Phi) is 7.66. The largest absolute Gasteiger partial charge is 0.493 e. The Bertz CT molecular complexity index is 911. The first-order chi connectivity index (χ1) is 13.9. The van der Waals surface area contributed by atoms with Crippen molar-refractivity contribution < 1.29 is 24.0 Å². The van der Waals surface area contributed by atoms with Gasteiger partial charge in [0.15, 0.2) is 11.5 Å². The van der Waals surface area contributed by atoms with Crippen LogP contribution in [-0.2, 0) is 16.2 Å². The molecule has 0 aliphatic rings. The molecule has 0 aliphatic heterocycles. The third-order valence-corrected chi connectivity index (χ3v) is 3.65. The van der Waals surface area contributed by atoms with Gasteiger partial charge in [0.1, 0.15) is 6.61 Å². The molecule has 2 rings (SSSR count). The summed E-state index contributed by atoms with van der Waals surface area (Å²) in [6.45, 7) is 2.24. The summed E-state index contributed by atoms with van der Waals surface area (Å²) in [6, 6.07) is 11.0. The van der Waals surface area contributed by atoms with Gasteiger partial charge in [-0.1, -0.05) is 0 Å². The van der Waals surface area contributed by atoms with Crippen molar-refractivity contribution >= 4 is 23.7 Å². The van der Waals surface area contributed by atoms with Gasteiger partial charge in [-0.2, -0.15) is 5.10 Å². The number of carbonyl (C=O) groups excluding carboxylic acids is 2. The van der Waals surface area contributed by atoms with Crippen LogP contribution in [0.1, 0.15) is 18.1 Å². The molecule has 2 aromatic carbocycles. The summed E-state index contributed by atoms with van der Waals surface area (Å²) in [7, 11) is 1.48. The number of ether oxygens (including phenoxy) is 2. The molecule has 2 aromatic rings. The molecule has 0 unspecified atom stereocenters. The molecule has 2 N–H and O–H groups in total. The lowest BCUT2D eigenvalue weighted by Crippen LogP contribution is -2.37. The third-order valence-electron chi connectivity index (χ3n) is 3.65. The molecular formula is C19H20N4O6. The van der Waals surface area contributed by atoms with E-state index in [1.807, 2.05) is 0 Å². The van der Waals surface area contributed by atoms with Gasteiger partial charge in [-0.05, 0) is 48.4 Å². The van der Waals surface area contributed by atoms with E-state index in [-0.39, 0.29) is 12.3 Å². The van der Waals surface area contributed by atoms with Crippen LogP contribution in [0.2, 0.25) is 0 Å². The average molecular weight is 400 g/mol. The number of hydrazone groups is 1. The number of non-ortho nitro benzene ring substituents is 1. The number of nitro groups is 1. The molecule has 0 fully saturated rings. The van der Waals surface area contributed by atoms with Gasteiger partial charge < -0.3 is 14.8 Å². The van der Waals surface area contributed by atoms with Crippen LogP contribution < -0.4 is 20.2 Å². The Balaban J connectivity index is 1.99. The van der Waals surface area contributed by atoms with Gasteiger partial charge in [0.2, 0.25) is 0 Å². The summed E-state index contributed by atoms with van der Waals surface area (Å²) in [5, 5.41) is 16.8. The number of likely N-dealkylation sites (N-methyl/N-ethyl adjacent to an activating group) is 1. The van der Waals surface area contributed by atoms with E-state index in [1.165, 1.54) is 25.5 Å². The van der Waals surface area contributed by atoms with E-state index in [9.17, 15) is 19.7 Å². The third kappa shape index (κ3) is 6.31. The fourth-order valence-corrected chi connectivity index (χ4v) is 2.22. The van der Waals surface area contributed by atoms with Crippen LogP contribution in [0, 0.1) is 10.1 Å². The Labute approximate surface area is 166 Å². The van der Waals surface area contributed by atoms with Crippen LogP contribution in [0.4, 0.5) is 5.69 Å². The highest BCUT2D eigenvalue weighted by molar-refractivity contribution is 6.35. The first-order valence-corrected chi connectivity index (χ1v) is 8.60. The normalized spacial score (nSPS) is 10.4. The zero-order valence-corrected chi connectivity index (χ0v) is 15.9. The van der Waals surface area contributed by atoms with E-state index >= 15 is 0 Å². The fraction of sp³-hybridized carbons (Fsp3) is 0.211. The minimum Gasteiger partial charge on any atom is -0.493 e. The second-order valence-corrected chi connectivity index (χ2v) is 5.68. The van der Waals surface area contributed by atoms with Gasteiger partial charge in [-0.15, -0.1) is 0 Å². The number of amides is 2. The van der Waals surface area contributed by atoms with Crippen molar-refractivity contribution in [2.75, 3.05) is 13.7 Å². The number of benzene rings is 2. The van der Waals surface area contributed by atoms with Crippen molar-refractivity contribution in [2.45, 2.75) is 13.5 Å².